The van der Waals surface area contributed by atoms with Crippen molar-refractivity contribution >= 4 is 29.1 Å². The Kier molecular flexibility index (Phi) is 6.54. The first kappa shape index (κ1) is 20.2. The molecule has 0 spiro atoms. The van der Waals surface area contributed by atoms with Crippen molar-refractivity contribution in [2.75, 3.05) is 45.2 Å². The van der Waals surface area contributed by atoms with E-state index in [2.05, 4.69) is 10.2 Å². The van der Waals surface area contributed by atoms with E-state index in [1.165, 1.54) is 0 Å². The Balaban J connectivity index is 1.75. The normalized spacial score (nSPS) is 14.6. The van der Waals surface area contributed by atoms with Gasteiger partial charge in [0.2, 0.25) is 0 Å². The van der Waals surface area contributed by atoms with Crippen molar-refractivity contribution in [2.45, 2.75) is 6.92 Å². The molecule has 1 heterocycles. The van der Waals surface area contributed by atoms with E-state index in [4.69, 9.17) is 16.3 Å². The summed E-state index contributed by atoms with van der Waals surface area (Å²) in [6.07, 6.45) is 0. The molecule has 1 aliphatic rings. The van der Waals surface area contributed by atoms with Crippen molar-refractivity contribution in [2.24, 2.45) is 0 Å². The first-order valence-electron chi connectivity index (χ1n) is 9.29. The Labute approximate surface area is 170 Å². The highest BCUT2D eigenvalue weighted by atomic mass is 35.5. The molecule has 7 heteroatoms. The molecule has 0 radical (unpaired) electrons. The summed E-state index contributed by atoms with van der Waals surface area (Å²) in [7, 11) is 2.04. The smallest absolute Gasteiger partial charge is 0.255 e. The number of ether oxygens (including phenoxy) is 1. The SMILES string of the molecule is CCOc1cccc(C(=O)Nc2cc(C(=O)N3CCN(C)CC3)ccc2Cl)c1. The van der Waals surface area contributed by atoms with Gasteiger partial charge in [0, 0.05) is 37.3 Å². The van der Waals surface area contributed by atoms with Gasteiger partial charge >= 0.3 is 0 Å². The van der Waals surface area contributed by atoms with E-state index in [0.717, 1.165) is 13.1 Å². The fourth-order valence-electron chi connectivity index (χ4n) is 3.03. The van der Waals surface area contributed by atoms with E-state index in [-0.39, 0.29) is 11.8 Å². The molecule has 0 aliphatic carbocycles. The van der Waals surface area contributed by atoms with Crippen molar-refractivity contribution in [1.82, 2.24) is 9.80 Å². The van der Waals surface area contributed by atoms with Crippen molar-refractivity contribution in [3.63, 3.8) is 0 Å². The predicted octanol–water partition coefficient (Wildman–Crippen LogP) is 3.38. The summed E-state index contributed by atoms with van der Waals surface area (Å²) < 4.78 is 5.44. The van der Waals surface area contributed by atoms with Gasteiger partial charge in [-0.1, -0.05) is 17.7 Å². The van der Waals surface area contributed by atoms with Crippen LogP contribution in [0.2, 0.25) is 5.02 Å². The van der Waals surface area contributed by atoms with Crippen LogP contribution in [0.5, 0.6) is 5.75 Å². The molecule has 28 heavy (non-hydrogen) atoms. The number of carbonyl (C=O) groups excluding carboxylic acids is 2. The van der Waals surface area contributed by atoms with E-state index in [9.17, 15) is 9.59 Å². The maximum Gasteiger partial charge on any atom is 0.255 e. The number of piperazine rings is 1. The minimum atomic E-state index is -0.312. The number of benzene rings is 2. The summed E-state index contributed by atoms with van der Waals surface area (Å²) in [5.41, 5.74) is 1.37. The van der Waals surface area contributed by atoms with Crippen LogP contribution in [-0.2, 0) is 0 Å². The lowest BCUT2D eigenvalue weighted by atomic mass is 10.1. The molecule has 6 nitrogen and oxygen atoms in total. The number of halogens is 1. The molecule has 2 amide bonds. The zero-order chi connectivity index (χ0) is 20.1. The van der Waals surface area contributed by atoms with Gasteiger partial charge in [0.1, 0.15) is 5.75 Å². The Bertz CT molecular complexity index is 864. The van der Waals surface area contributed by atoms with Crippen LogP contribution in [0.25, 0.3) is 0 Å². The second kappa shape index (κ2) is 9.08. The second-order valence-corrected chi connectivity index (χ2v) is 7.11. The van der Waals surface area contributed by atoms with Gasteiger partial charge in [-0.05, 0) is 50.4 Å². The molecule has 3 rings (SSSR count). The molecule has 0 unspecified atom stereocenters. The highest BCUT2D eigenvalue weighted by Crippen LogP contribution is 2.25. The van der Waals surface area contributed by atoms with Crippen LogP contribution in [0.15, 0.2) is 42.5 Å². The molecule has 148 valence electrons. The summed E-state index contributed by atoms with van der Waals surface area (Å²) >= 11 is 6.25. The number of nitrogens with one attached hydrogen (secondary N) is 1. The van der Waals surface area contributed by atoms with Crippen molar-refractivity contribution in [1.29, 1.82) is 0 Å². The average molecular weight is 402 g/mol. The minimum Gasteiger partial charge on any atom is -0.494 e. The maximum atomic E-state index is 12.8. The summed E-state index contributed by atoms with van der Waals surface area (Å²) in [6, 6.07) is 11.9. The molecule has 1 N–H and O–H groups in total. The van der Waals surface area contributed by atoms with Crippen LogP contribution in [-0.4, -0.2) is 61.4 Å². The summed E-state index contributed by atoms with van der Waals surface area (Å²) in [6.45, 7) is 5.47. The Morgan fingerprint density at radius 1 is 1.07 bits per heavy atom. The number of carbonyl (C=O) groups is 2. The summed E-state index contributed by atoms with van der Waals surface area (Å²) in [5.74, 6) is 0.256. The number of amides is 2. The van der Waals surface area contributed by atoms with Gasteiger partial charge in [-0.3, -0.25) is 9.59 Å². The number of hydrogen-bond donors (Lipinski definition) is 1. The van der Waals surface area contributed by atoms with E-state index in [0.29, 0.717) is 47.3 Å². The van der Waals surface area contributed by atoms with Crippen molar-refractivity contribution in [3.8, 4) is 5.75 Å². The van der Waals surface area contributed by atoms with Crippen LogP contribution < -0.4 is 10.1 Å². The van der Waals surface area contributed by atoms with Gasteiger partial charge in [0.15, 0.2) is 0 Å². The zero-order valence-corrected chi connectivity index (χ0v) is 16.8. The fourth-order valence-corrected chi connectivity index (χ4v) is 3.20. The minimum absolute atomic E-state index is 0.0568. The van der Waals surface area contributed by atoms with Crippen molar-refractivity contribution in [3.05, 3.63) is 58.6 Å². The summed E-state index contributed by atoms with van der Waals surface area (Å²) in [5, 5.41) is 3.17. The monoisotopic (exact) mass is 401 g/mol. The van der Waals surface area contributed by atoms with E-state index in [1.54, 1.807) is 42.5 Å². The standard InChI is InChI=1S/C21H24ClN3O3/c1-3-28-17-6-4-5-15(13-17)20(26)23-19-14-16(7-8-18(19)22)21(27)25-11-9-24(2)10-12-25/h4-8,13-14H,3,9-12H2,1-2H3,(H,23,26). The third kappa shape index (κ3) is 4.82. The first-order chi connectivity index (χ1) is 13.5. The molecule has 2 aromatic rings. The number of anilines is 1. The third-order valence-corrected chi connectivity index (χ3v) is 4.99. The van der Waals surface area contributed by atoms with Crippen LogP contribution >= 0.6 is 11.6 Å². The number of hydrogen-bond acceptors (Lipinski definition) is 4. The van der Waals surface area contributed by atoms with Gasteiger partial charge in [0.25, 0.3) is 11.8 Å². The fraction of sp³-hybridized carbons (Fsp3) is 0.333. The second-order valence-electron chi connectivity index (χ2n) is 6.71. The lowest BCUT2D eigenvalue weighted by Crippen LogP contribution is -2.47. The first-order valence-corrected chi connectivity index (χ1v) is 9.67. The highest BCUT2D eigenvalue weighted by Gasteiger charge is 2.21. The topological polar surface area (TPSA) is 61.9 Å². The molecule has 0 atom stereocenters. The van der Waals surface area contributed by atoms with Crippen LogP contribution in [0.3, 0.4) is 0 Å². The molecular formula is C21H24ClN3O3. The zero-order valence-electron chi connectivity index (χ0n) is 16.1. The lowest BCUT2D eigenvalue weighted by molar-refractivity contribution is 0.0664. The van der Waals surface area contributed by atoms with Crippen molar-refractivity contribution < 1.29 is 14.3 Å². The summed E-state index contributed by atoms with van der Waals surface area (Å²) in [4.78, 5) is 29.4. The molecule has 1 saturated heterocycles. The van der Waals surface area contributed by atoms with E-state index in [1.807, 2.05) is 18.9 Å². The number of likely N-dealkylation sites (N-methyl/N-ethyl adjacent to an activating group) is 1. The Morgan fingerprint density at radius 3 is 2.54 bits per heavy atom. The van der Waals surface area contributed by atoms with Crippen LogP contribution in [0.1, 0.15) is 27.6 Å². The van der Waals surface area contributed by atoms with Gasteiger partial charge in [-0.25, -0.2) is 0 Å². The lowest BCUT2D eigenvalue weighted by Gasteiger charge is -2.32. The van der Waals surface area contributed by atoms with E-state index >= 15 is 0 Å². The largest absolute Gasteiger partial charge is 0.494 e. The molecule has 1 fully saturated rings. The third-order valence-electron chi connectivity index (χ3n) is 4.66. The Morgan fingerprint density at radius 2 is 1.82 bits per heavy atom. The molecule has 0 bridgehead atoms. The predicted molar refractivity (Wildman–Crippen MR) is 110 cm³/mol. The maximum absolute atomic E-state index is 12.8. The number of rotatable bonds is 5. The van der Waals surface area contributed by atoms with E-state index < -0.39 is 0 Å². The molecule has 0 saturated carbocycles. The number of nitrogens with zero attached hydrogens (tertiary/aromatic N) is 2. The van der Waals surface area contributed by atoms with Crippen LogP contribution in [0, 0.1) is 0 Å². The molecule has 2 aromatic carbocycles. The van der Waals surface area contributed by atoms with Gasteiger partial charge < -0.3 is 19.9 Å². The molecule has 1 aliphatic heterocycles. The Hall–Kier alpha value is -2.57. The van der Waals surface area contributed by atoms with Gasteiger partial charge in [0.05, 0.1) is 17.3 Å². The average Bonchev–Trinajstić information content (AvgIpc) is 2.70. The van der Waals surface area contributed by atoms with Gasteiger partial charge in [-0.15, -0.1) is 0 Å². The quantitative estimate of drug-likeness (QED) is 0.834. The highest BCUT2D eigenvalue weighted by molar-refractivity contribution is 6.34. The molecule has 0 aromatic heterocycles. The van der Waals surface area contributed by atoms with Crippen LogP contribution in [0.4, 0.5) is 5.69 Å². The molecular weight excluding hydrogens is 378 g/mol. The van der Waals surface area contributed by atoms with Gasteiger partial charge in [-0.2, -0.15) is 0 Å².